The van der Waals surface area contributed by atoms with Gasteiger partial charge in [0.15, 0.2) is 5.82 Å². The van der Waals surface area contributed by atoms with Crippen LogP contribution >= 0.6 is 0 Å². The number of nitrogens with one attached hydrogen (secondary N) is 2. The van der Waals surface area contributed by atoms with E-state index in [0.29, 0.717) is 6.04 Å². The van der Waals surface area contributed by atoms with Crippen molar-refractivity contribution in [2.75, 3.05) is 24.5 Å². The van der Waals surface area contributed by atoms with Crippen LogP contribution in [0.15, 0.2) is 12.3 Å². The molecule has 0 saturated carbocycles. The van der Waals surface area contributed by atoms with Crippen molar-refractivity contribution in [1.29, 1.82) is 0 Å². The Bertz CT molecular complexity index is 529. The maximum Gasteiger partial charge on any atom is 0.245 e. The number of aromatic amines is 1. The van der Waals surface area contributed by atoms with Gasteiger partial charge in [-0.1, -0.05) is 0 Å². The molecule has 2 aromatic rings. The van der Waals surface area contributed by atoms with Crippen molar-refractivity contribution in [2.45, 2.75) is 13.0 Å². The van der Waals surface area contributed by atoms with E-state index in [4.69, 9.17) is 0 Å². The van der Waals surface area contributed by atoms with Crippen LogP contribution < -0.4 is 10.2 Å². The average Bonchev–Trinajstić information content (AvgIpc) is 2.97. The van der Waals surface area contributed by atoms with Gasteiger partial charge in [0.25, 0.3) is 0 Å². The van der Waals surface area contributed by atoms with Crippen molar-refractivity contribution in [3.05, 3.63) is 12.3 Å². The van der Waals surface area contributed by atoms with E-state index in [1.165, 1.54) is 0 Å². The molecule has 2 aromatic heterocycles. The van der Waals surface area contributed by atoms with Crippen LogP contribution in [0.4, 0.5) is 5.95 Å². The van der Waals surface area contributed by atoms with Gasteiger partial charge >= 0.3 is 0 Å². The van der Waals surface area contributed by atoms with Crippen LogP contribution in [0.1, 0.15) is 6.92 Å². The zero-order valence-corrected chi connectivity index (χ0v) is 10.6. The molecule has 3 heterocycles. The topological polar surface area (TPSA) is 74.7 Å². The van der Waals surface area contributed by atoms with Gasteiger partial charge in [0.2, 0.25) is 5.95 Å². The summed E-state index contributed by atoms with van der Waals surface area (Å²) in [7, 11) is 1.89. The molecule has 0 unspecified atom stereocenters. The van der Waals surface area contributed by atoms with Crippen LogP contribution in [0.3, 0.4) is 0 Å². The van der Waals surface area contributed by atoms with Crippen molar-refractivity contribution in [1.82, 2.24) is 30.3 Å². The standard InChI is InChI=1S/C11H17N7/c1-8-7-18(6-5-12-8)11-14-10(15-16-11)9-3-4-13-17(9)2/h3-4,8,12H,5-7H2,1-2H3,(H,14,15,16)/t8-/m0/s1. The Morgan fingerprint density at radius 2 is 2.33 bits per heavy atom. The predicted molar refractivity (Wildman–Crippen MR) is 68.3 cm³/mol. The number of H-pyrrole nitrogens is 1. The first-order chi connectivity index (χ1) is 8.74. The third kappa shape index (κ3) is 1.97. The van der Waals surface area contributed by atoms with Gasteiger partial charge in [-0.2, -0.15) is 10.1 Å². The van der Waals surface area contributed by atoms with Crippen molar-refractivity contribution >= 4 is 5.95 Å². The molecule has 3 rings (SSSR count). The van der Waals surface area contributed by atoms with E-state index in [1.807, 2.05) is 13.1 Å². The Balaban J connectivity index is 1.83. The fraction of sp³-hybridized carbons (Fsp3) is 0.545. The van der Waals surface area contributed by atoms with Gasteiger partial charge in [-0.3, -0.25) is 9.78 Å². The number of hydrogen-bond donors (Lipinski definition) is 2. The van der Waals surface area contributed by atoms with E-state index in [1.54, 1.807) is 10.9 Å². The van der Waals surface area contributed by atoms with E-state index < -0.39 is 0 Å². The van der Waals surface area contributed by atoms with E-state index >= 15 is 0 Å². The van der Waals surface area contributed by atoms with Gasteiger partial charge in [-0.15, -0.1) is 5.10 Å². The van der Waals surface area contributed by atoms with Gasteiger partial charge in [0.05, 0.1) is 0 Å². The van der Waals surface area contributed by atoms with E-state index in [-0.39, 0.29) is 0 Å². The Labute approximate surface area is 105 Å². The van der Waals surface area contributed by atoms with Crippen LogP contribution in [0.25, 0.3) is 11.5 Å². The minimum absolute atomic E-state index is 0.470. The first kappa shape index (κ1) is 11.2. The van der Waals surface area contributed by atoms with Crippen LogP contribution in [0, 0.1) is 0 Å². The van der Waals surface area contributed by atoms with Gasteiger partial charge < -0.3 is 10.2 Å². The number of anilines is 1. The molecule has 7 heteroatoms. The molecule has 0 spiro atoms. The van der Waals surface area contributed by atoms with Crippen molar-refractivity contribution in [2.24, 2.45) is 7.05 Å². The molecule has 0 bridgehead atoms. The fourth-order valence-electron chi connectivity index (χ4n) is 2.23. The third-order valence-electron chi connectivity index (χ3n) is 3.19. The quantitative estimate of drug-likeness (QED) is 0.781. The van der Waals surface area contributed by atoms with Crippen LogP contribution in [0.2, 0.25) is 0 Å². The molecule has 1 saturated heterocycles. The van der Waals surface area contributed by atoms with E-state index in [9.17, 15) is 0 Å². The second-order valence-electron chi connectivity index (χ2n) is 4.63. The molecule has 0 aliphatic carbocycles. The number of hydrogen-bond acceptors (Lipinski definition) is 5. The Kier molecular flexibility index (Phi) is 2.75. The van der Waals surface area contributed by atoms with Crippen molar-refractivity contribution in [3.63, 3.8) is 0 Å². The molecule has 0 radical (unpaired) electrons. The molecule has 2 N–H and O–H groups in total. The Hall–Kier alpha value is -1.89. The summed E-state index contributed by atoms with van der Waals surface area (Å²) in [5.41, 5.74) is 0.942. The van der Waals surface area contributed by atoms with Crippen LogP contribution in [-0.2, 0) is 7.05 Å². The summed E-state index contributed by atoms with van der Waals surface area (Å²) in [6, 6.07) is 2.39. The lowest BCUT2D eigenvalue weighted by Crippen LogP contribution is -2.49. The fourth-order valence-corrected chi connectivity index (χ4v) is 2.23. The SMILES string of the molecule is C[C@H]1CN(c2n[nH]c(-c3ccnn3C)n2)CCN1. The highest BCUT2D eigenvalue weighted by atomic mass is 15.4. The molecule has 1 aliphatic heterocycles. The molecule has 0 amide bonds. The lowest BCUT2D eigenvalue weighted by molar-refractivity contribution is 0.480. The third-order valence-corrected chi connectivity index (χ3v) is 3.19. The Morgan fingerprint density at radius 1 is 1.44 bits per heavy atom. The molecular formula is C11H17N7. The van der Waals surface area contributed by atoms with E-state index in [2.05, 4.69) is 37.4 Å². The maximum absolute atomic E-state index is 4.54. The minimum atomic E-state index is 0.470. The average molecular weight is 247 g/mol. The lowest BCUT2D eigenvalue weighted by atomic mass is 10.2. The summed E-state index contributed by atoms with van der Waals surface area (Å²) in [5, 5.41) is 14.8. The number of rotatable bonds is 2. The molecule has 18 heavy (non-hydrogen) atoms. The number of nitrogens with zero attached hydrogens (tertiary/aromatic N) is 5. The van der Waals surface area contributed by atoms with Gasteiger partial charge in [-0.25, -0.2) is 0 Å². The van der Waals surface area contributed by atoms with Crippen LogP contribution in [-0.4, -0.2) is 50.6 Å². The summed E-state index contributed by atoms with van der Waals surface area (Å²) >= 11 is 0. The highest BCUT2D eigenvalue weighted by Crippen LogP contribution is 2.17. The number of aromatic nitrogens is 5. The molecule has 1 aliphatic rings. The number of piperazine rings is 1. The highest BCUT2D eigenvalue weighted by molar-refractivity contribution is 5.51. The van der Waals surface area contributed by atoms with Crippen LogP contribution in [0.5, 0.6) is 0 Å². The first-order valence-corrected chi connectivity index (χ1v) is 6.13. The summed E-state index contributed by atoms with van der Waals surface area (Å²) in [4.78, 5) is 6.73. The highest BCUT2D eigenvalue weighted by Gasteiger charge is 2.20. The zero-order valence-electron chi connectivity index (χ0n) is 10.6. The molecular weight excluding hydrogens is 230 g/mol. The van der Waals surface area contributed by atoms with Crippen molar-refractivity contribution < 1.29 is 0 Å². The molecule has 0 aromatic carbocycles. The largest absolute Gasteiger partial charge is 0.337 e. The maximum atomic E-state index is 4.54. The second-order valence-corrected chi connectivity index (χ2v) is 4.63. The number of aryl methyl sites for hydroxylation is 1. The second kappa shape index (κ2) is 4.41. The van der Waals surface area contributed by atoms with Crippen molar-refractivity contribution in [3.8, 4) is 11.5 Å². The van der Waals surface area contributed by atoms with Gasteiger partial charge in [0, 0.05) is 38.9 Å². The zero-order chi connectivity index (χ0) is 12.5. The first-order valence-electron chi connectivity index (χ1n) is 6.13. The lowest BCUT2D eigenvalue weighted by Gasteiger charge is -2.30. The van der Waals surface area contributed by atoms with Gasteiger partial charge in [0.1, 0.15) is 5.69 Å². The smallest absolute Gasteiger partial charge is 0.245 e. The summed E-state index contributed by atoms with van der Waals surface area (Å²) in [6.07, 6.45) is 1.75. The van der Waals surface area contributed by atoms with E-state index in [0.717, 1.165) is 37.1 Å². The molecule has 1 fully saturated rings. The molecule has 96 valence electrons. The van der Waals surface area contributed by atoms with Gasteiger partial charge in [-0.05, 0) is 13.0 Å². The summed E-state index contributed by atoms with van der Waals surface area (Å²) in [6.45, 7) is 5.01. The molecule has 7 nitrogen and oxygen atoms in total. The summed E-state index contributed by atoms with van der Waals surface area (Å²) < 4.78 is 1.78. The normalized spacial score (nSPS) is 20.3. The Morgan fingerprint density at radius 3 is 3.06 bits per heavy atom. The predicted octanol–water partition coefficient (Wildman–Crippen LogP) is 0.00330. The minimum Gasteiger partial charge on any atom is -0.337 e. The monoisotopic (exact) mass is 247 g/mol. The molecule has 1 atom stereocenters. The summed E-state index contributed by atoms with van der Waals surface area (Å²) in [5.74, 6) is 1.52.